The van der Waals surface area contributed by atoms with Crippen molar-refractivity contribution < 1.29 is 4.79 Å². The molecule has 0 unspecified atom stereocenters. The maximum absolute atomic E-state index is 10.9. The minimum atomic E-state index is 0.189. The Morgan fingerprint density at radius 1 is 1.32 bits per heavy atom. The Balaban J connectivity index is 2.03. The number of hydrogen-bond acceptors (Lipinski definition) is 5. The molecule has 1 aromatic rings. The summed E-state index contributed by atoms with van der Waals surface area (Å²) in [6.45, 7) is 6.29. The van der Waals surface area contributed by atoms with Crippen LogP contribution in [0.2, 0.25) is 0 Å². The van der Waals surface area contributed by atoms with Gasteiger partial charge in [-0.25, -0.2) is 9.97 Å². The normalized spacial score (nSPS) is 15.4. The molecule has 19 heavy (non-hydrogen) atoms. The molecule has 1 saturated heterocycles. The third-order valence-corrected chi connectivity index (χ3v) is 3.29. The Morgan fingerprint density at radius 2 is 2.05 bits per heavy atom. The minimum Gasteiger partial charge on any atom is -0.369 e. The van der Waals surface area contributed by atoms with Gasteiger partial charge in [-0.05, 0) is 33.1 Å². The van der Waals surface area contributed by atoms with Crippen molar-refractivity contribution >= 4 is 17.4 Å². The number of Topliss-reactive ketones (excluding diaryl/α,β-unsaturated/α-hetero) is 1. The van der Waals surface area contributed by atoms with Crippen LogP contribution in [0.4, 0.5) is 11.6 Å². The molecule has 0 radical (unpaired) electrons. The van der Waals surface area contributed by atoms with Crippen LogP contribution in [-0.2, 0) is 4.79 Å². The molecule has 0 aromatic carbocycles. The molecular formula is C14H22N4O. The molecular weight excluding hydrogens is 240 g/mol. The molecule has 0 aliphatic carbocycles. The molecule has 1 N–H and O–H groups in total. The highest BCUT2D eigenvalue weighted by Crippen LogP contribution is 2.20. The van der Waals surface area contributed by atoms with E-state index in [-0.39, 0.29) is 5.78 Å². The Hall–Kier alpha value is -1.65. The Labute approximate surface area is 114 Å². The summed E-state index contributed by atoms with van der Waals surface area (Å²) in [7, 11) is 0. The van der Waals surface area contributed by atoms with Crippen LogP contribution >= 0.6 is 0 Å². The van der Waals surface area contributed by atoms with E-state index in [0.717, 1.165) is 30.5 Å². The van der Waals surface area contributed by atoms with E-state index in [2.05, 4.69) is 20.2 Å². The molecule has 104 valence electrons. The lowest BCUT2D eigenvalue weighted by molar-refractivity contribution is -0.116. The molecule has 1 fully saturated rings. The molecule has 5 heteroatoms. The number of rotatable bonds is 5. The molecule has 5 nitrogen and oxygen atoms in total. The average molecular weight is 262 g/mol. The Morgan fingerprint density at radius 3 is 2.74 bits per heavy atom. The fraction of sp³-hybridized carbons (Fsp3) is 0.643. The smallest absolute Gasteiger partial charge is 0.134 e. The van der Waals surface area contributed by atoms with E-state index in [1.54, 1.807) is 6.92 Å². The van der Waals surface area contributed by atoms with Crippen LogP contribution in [0.5, 0.6) is 0 Å². The van der Waals surface area contributed by atoms with E-state index in [0.29, 0.717) is 13.0 Å². The van der Waals surface area contributed by atoms with E-state index in [1.807, 2.05) is 13.0 Å². The summed E-state index contributed by atoms with van der Waals surface area (Å²) < 4.78 is 0. The van der Waals surface area contributed by atoms with Crippen LogP contribution in [0.3, 0.4) is 0 Å². The fourth-order valence-electron chi connectivity index (χ4n) is 2.29. The maximum Gasteiger partial charge on any atom is 0.134 e. The number of nitrogens with one attached hydrogen (secondary N) is 1. The second-order valence-electron chi connectivity index (χ2n) is 5.09. The van der Waals surface area contributed by atoms with Gasteiger partial charge in [0.1, 0.15) is 23.2 Å². The van der Waals surface area contributed by atoms with Crippen molar-refractivity contribution in [2.24, 2.45) is 0 Å². The van der Waals surface area contributed by atoms with Gasteiger partial charge in [0, 0.05) is 32.1 Å². The van der Waals surface area contributed by atoms with Crippen LogP contribution in [0.25, 0.3) is 0 Å². The number of nitrogens with zero attached hydrogens (tertiary/aromatic N) is 3. The molecule has 1 aliphatic heterocycles. The van der Waals surface area contributed by atoms with Gasteiger partial charge < -0.3 is 10.2 Å². The third kappa shape index (κ3) is 4.19. The fourth-order valence-corrected chi connectivity index (χ4v) is 2.29. The standard InChI is InChI=1S/C14H22N4O/c1-11(19)6-7-15-13-10-14(17-12(2)16-13)18-8-4-3-5-9-18/h10H,3-9H2,1-2H3,(H,15,16,17). The minimum absolute atomic E-state index is 0.189. The number of ketones is 1. The van der Waals surface area contributed by atoms with E-state index in [1.165, 1.54) is 19.3 Å². The summed E-state index contributed by atoms with van der Waals surface area (Å²) in [6.07, 6.45) is 4.30. The van der Waals surface area contributed by atoms with Gasteiger partial charge in [0.15, 0.2) is 0 Å². The summed E-state index contributed by atoms with van der Waals surface area (Å²) in [5.41, 5.74) is 0. The zero-order valence-corrected chi connectivity index (χ0v) is 11.8. The summed E-state index contributed by atoms with van der Waals surface area (Å²) in [5.74, 6) is 2.77. The van der Waals surface area contributed by atoms with Crippen LogP contribution in [-0.4, -0.2) is 35.4 Å². The number of anilines is 2. The van der Waals surface area contributed by atoms with Gasteiger partial charge in [0.25, 0.3) is 0 Å². The van der Waals surface area contributed by atoms with Gasteiger partial charge in [-0.3, -0.25) is 4.79 Å². The molecule has 0 atom stereocenters. The monoisotopic (exact) mass is 262 g/mol. The van der Waals surface area contributed by atoms with Crippen molar-refractivity contribution in [1.29, 1.82) is 0 Å². The molecule has 2 rings (SSSR count). The van der Waals surface area contributed by atoms with Gasteiger partial charge in [-0.1, -0.05) is 0 Å². The highest BCUT2D eigenvalue weighted by atomic mass is 16.1. The van der Waals surface area contributed by atoms with E-state index in [4.69, 9.17) is 0 Å². The zero-order valence-electron chi connectivity index (χ0n) is 11.8. The highest BCUT2D eigenvalue weighted by Gasteiger charge is 2.13. The Bertz CT molecular complexity index is 441. The van der Waals surface area contributed by atoms with Gasteiger partial charge >= 0.3 is 0 Å². The van der Waals surface area contributed by atoms with E-state index < -0.39 is 0 Å². The zero-order chi connectivity index (χ0) is 13.7. The van der Waals surface area contributed by atoms with Crippen LogP contribution < -0.4 is 10.2 Å². The van der Waals surface area contributed by atoms with Gasteiger partial charge in [-0.2, -0.15) is 0 Å². The number of carbonyl (C=O) groups is 1. The first kappa shape index (κ1) is 13.8. The first-order valence-electron chi connectivity index (χ1n) is 6.99. The number of aryl methyl sites for hydroxylation is 1. The SMILES string of the molecule is CC(=O)CCNc1cc(N2CCCCC2)nc(C)n1. The van der Waals surface area contributed by atoms with Crippen LogP contribution in [0.1, 0.15) is 38.4 Å². The maximum atomic E-state index is 10.9. The van der Waals surface area contributed by atoms with Crippen LogP contribution in [0, 0.1) is 6.92 Å². The van der Waals surface area contributed by atoms with Crippen molar-refractivity contribution in [2.45, 2.75) is 39.5 Å². The van der Waals surface area contributed by atoms with Gasteiger partial charge in [-0.15, -0.1) is 0 Å². The van der Waals surface area contributed by atoms with Gasteiger partial charge in [0.05, 0.1) is 0 Å². The molecule has 0 saturated carbocycles. The summed E-state index contributed by atoms with van der Waals surface area (Å²) >= 11 is 0. The van der Waals surface area contributed by atoms with Crippen molar-refractivity contribution in [2.75, 3.05) is 29.9 Å². The number of carbonyl (C=O) groups excluding carboxylic acids is 1. The Kier molecular flexibility index (Phi) is 4.71. The summed E-state index contributed by atoms with van der Waals surface area (Å²) in [4.78, 5) is 22.1. The molecule has 2 heterocycles. The summed E-state index contributed by atoms with van der Waals surface area (Å²) in [6, 6.07) is 1.98. The van der Waals surface area contributed by atoms with Gasteiger partial charge in [0.2, 0.25) is 0 Å². The van der Waals surface area contributed by atoms with Crippen molar-refractivity contribution in [1.82, 2.24) is 9.97 Å². The molecule has 1 aromatic heterocycles. The molecule has 0 amide bonds. The molecule has 0 bridgehead atoms. The predicted octanol–water partition coefficient (Wildman–Crippen LogP) is 2.17. The lowest BCUT2D eigenvalue weighted by Gasteiger charge is -2.28. The lowest BCUT2D eigenvalue weighted by Crippen LogP contribution is -2.30. The predicted molar refractivity (Wildman–Crippen MR) is 76.6 cm³/mol. The summed E-state index contributed by atoms with van der Waals surface area (Å²) in [5, 5.41) is 3.20. The number of piperidine rings is 1. The van der Waals surface area contributed by atoms with Crippen molar-refractivity contribution in [3.8, 4) is 0 Å². The first-order chi connectivity index (χ1) is 9.15. The lowest BCUT2D eigenvalue weighted by atomic mass is 10.1. The largest absolute Gasteiger partial charge is 0.369 e. The quantitative estimate of drug-likeness (QED) is 0.881. The first-order valence-corrected chi connectivity index (χ1v) is 6.99. The van der Waals surface area contributed by atoms with E-state index in [9.17, 15) is 4.79 Å². The number of aromatic nitrogens is 2. The van der Waals surface area contributed by atoms with Crippen molar-refractivity contribution in [3.63, 3.8) is 0 Å². The van der Waals surface area contributed by atoms with E-state index >= 15 is 0 Å². The third-order valence-electron chi connectivity index (χ3n) is 3.29. The van der Waals surface area contributed by atoms with Crippen LogP contribution in [0.15, 0.2) is 6.07 Å². The second kappa shape index (κ2) is 6.50. The highest BCUT2D eigenvalue weighted by molar-refractivity contribution is 5.76. The number of hydrogen-bond donors (Lipinski definition) is 1. The molecule has 0 spiro atoms. The van der Waals surface area contributed by atoms with Crippen molar-refractivity contribution in [3.05, 3.63) is 11.9 Å². The second-order valence-corrected chi connectivity index (χ2v) is 5.09. The topological polar surface area (TPSA) is 58.1 Å². The molecule has 1 aliphatic rings. The average Bonchev–Trinajstić information content (AvgIpc) is 2.39.